The van der Waals surface area contributed by atoms with Gasteiger partial charge in [-0.3, -0.25) is 14.6 Å². The first-order chi connectivity index (χ1) is 10.2. The van der Waals surface area contributed by atoms with Crippen LogP contribution in [0.3, 0.4) is 0 Å². The Morgan fingerprint density at radius 3 is 3.05 bits per heavy atom. The zero-order chi connectivity index (χ0) is 14.8. The average Bonchev–Trinajstić information content (AvgIpc) is 3.09. The minimum Gasteiger partial charge on any atom is -0.375 e. The number of rotatable bonds is 3. The number of nitrogens with one attached hydrogen (secondary N) is 1. The SMILES string of the molecule is CNC(=O)[C@@H]1CN(C(=O)Cc2ccccn2)[C@H]2CCO[C@@H]12. The molecule has 21 heavy (non-hydrogen) atoms. The van der Waals surface area contributed by atoms with Crippen molar-refractivity contribution in [2.24, 2.45) is 5.92 Å². The lowest BCUT2D eigenvalue weighted by Crippen LogP contribution is -2.38. The minimum absolute atomic E-state index is 0.0144. The van der Waals surface area contributed by atoms with Crippen molar-refractivity contribution in [2.45, 2.75) is 25.0 Å². The Kier molecular flexibility index (Phi) is 3.88. The topological polar surface area (TPSA) is 71.5 Å². The summed E-state index contributed by atoms with van der Waals surface area (Å²) in [5.41, 5.74) is 0.751. The van der Waals surface area contributed by atoms with Crippen LogP contribution in [0.5, 0.6) is 0 Å². The summed E-state index contributed by atoms with van der Waals surface area (Å²) in [6, 6.07) is 5.55. The molecule has 2 aliphatic rings. The molecule has 0 radical (unpaired) electrons. The van der Waals surface area contributed by atoms with Gasteiger partial charge in [0.25, 0.3) is 0 Å². The third kappa shape index (κ3) is 2.63. The van der Waals surface area contributed by atoms with Crippen molar-refractivity contribution in [1.82, 2.24) is 15.2 Å². The van der Waals surface area contributed by atoms with Gasteiger partial charge < -0.3 is 15.0 Å². The van der Waals surface area contributed by atoms with Gasteiger partial charge in [0, 0.05) is 32.1 Å². The van der Waals surface area contributed by atoms with E-state index in [0.29, 0.717) is 13.2 Å². The second-order valence-electron chi connectivity index (χ2n) is 5.46. The Bertz CT molecular complexity index is 534. The summed E-state index contributed by atoms with van der Waals surface area (Å²) < 4.78 is 5.67. The predicted molar refractivity (Wildman–Crippen MR) is 75.4 cm³/mol. The molecule has 0 aromatic carbocycles. The van der Waals surface area contributed by atoms with Crippen molar-refractivity contribution in [3.63, 3.8) is 0 Å². The molecule has 1 aromatic rings. The molecule has 2 aliphatic heterocycles. The Hall–Kier alpha value is -1.95. The van der Waals surface area contributed by atoms with E-state index in [1.165, 1.54) is 0 Å². The van der Waals surface area contributed by atoms with Crippen LogP contribution in [0.1, 0.15) is 12.1 Å². The summed E-state index contributed by atoms with van der Waals surface area (Å²) in [5.74, 6) is -0.309. The van der Waals surface area contributed by atoms with Crippen LogP contribution >= 0.6 is 0 Å². The number of carbonyl (C=O) groups is 2. The van der Waals surface area contributed by atoms with Crippen LogP contribution in [-0.2, 0) is 20.7 Å². The second kappa shape index (κ2) is 5.81. The Morgan fingerprint density at radius 2 is 2.33 bits per heavy atom. The summed E-state index contributed by atoms with van der Waals surface area (Å²) in [7, 11) is 1.62. The van der Waals surface area contributed by atoms with E-state index in [1.807, 2.05) is 18.2 Å². The molecule has 2 fully saturated rings. The van der Waals surface area contributed by atoms with Gasteiger partial charge in [-0.05, 0) is 18.6 Å². The van der Waals surface area contributed by atoms with Crippen molar-refractivity contribution in [1.29, 1.82) is 0 Å². The van der Waals surface area contributed by atoms with Crippen molar-refractivity contribution in [3.05, 3.63) is 30.1 Å². The molecule has 0 spiro atoms. The molecule has 6 heteroatoms. The summed E-state index contributed by atoms with van der Waals surface area (Å²) in [5, 5.41) is 2.66. The standard InChI is InChI=1S/C15H19N3O3/c1-16-15(20)11-9-18(12-5-7-21-14(11)12)13(19)8-10-4-2-3-6-17-10/h2-4,6,11-12,14H,5,7-9H2,1H3,(H,16,20)/t11-,12+,14+/m1/s1. The summed E-state index contributed by atoms with van der Waals surface area (Å²) in [6.07, 6.45) is 2.58. The smallest absolute Gasteiger partial charge is 0.228 e. The van der Waals surface area contributed by atoms with Crippen molar-refractivity contribution < 1.29 is 14.3 Å². The van der Waals surface area contributed by atoms with Crippen LogP contribution in [0.2, 0.25) is 0 Å². The number of hydrogen-bond acceptors (Lipinski definition) is 4. The molecule has 0 aliphatic carbocycles. The number of carbonyl (C=O) groups excluding carboxylic acids is 2. The maximum atomic E-state index is 12.5. The molecule has 1 N–H and O–H groups in total. The van der Waals surface area contributed by atoms with Crippen molar-refractivity contribution in [3.8, 4) is 0 Å². The number of ether oxygens (including phenoxy) is 1. The number of nitrogens with zero attached hydrogens (tertiary/aromatic N) is 2. The number of fused-ring (bicyclic) bond motifs is 1. The monoisotopic (exact) mass is 289 g/mol. The Labute approximate surface area is 123 Å². The first-order valence-electron chi connectivity index (χ1n) is 7.23. The predicted octanol–water partition coefficient (Wildman–Crippen LogP) is -0.0140. The number of likely N-dealkylation sites (tertiary alicyclic amines) is 1. The van der Waals surface area contributed by atoms with Crippen LogP contribution < -0.4 is 5.32 Å². The van der Waals surface area contributed by atoms with E-state index in [-0.39, 0.29) is 36.3 Å². The highest BCUT2D eigenvalue weighted by Crippen LogP contribution is 2.33. The van der Waals surface area contributed by atoms with E-state index < -0.39 is 0 Å². The molecule has 0 bridgehead atoms. The Morgan fingerprint density at radius 1 is 1.48 bits per heavy atom. The van der Waals surface area contributed by atoms with Crippen molar-refractivity contribution >= 4 is 11.8 Å². The lowest BCUT2D eigenvalue weighted by Gasteiger charge is -2.22. The molecule has 2 saturated heterocycles. The van der Waals surface area contributed by atoms with E-state index in [2.05, 4.69) is 10.3 Å². The average molecular weight is 289 g/mol. The van der Waals surface area contributed by atoms with Crippen LogP contribution in [0, 0.1) is 5.92 Å². The molecule has 112 valence electrons. The summed E-state index contributed by atoms with van der Waals surface area (Å²) in [4.78, 5) is 30.4. The van der Waals surface area contributed by atoms with Crippen LogP contribution in [0.25, 0.3) is 0 Å². The molecule has 3 rings (SSSR count). The molecule has 2 amide bonds. The van der Waals surface area contributed by atoms with E-state index >= 15 is 0 Å². The van der Waals surface area contributed by atoms with Gasteiger partial charge >= 0.3 is 0 Å². The van der Waals surface area contributed by atoms with E-state index in [4.69, 9.17) is 4.74 Å². The lowest BCUT2D eigenvalue weighted by atomic mass is 10.0. The highest BCUT2D eigenvalue weighted by atomic mass is 16.5. The zero-order valence-electron chi connectivity index (χ0n) is 12.0. The van der Waals surface area contributed by atoms with Gasteiger partial charge in [0.05, 0.1) is 24.5 Å². The van der Waals surface area contributed by atoms with Crippen LogP contribution in [-0.4, -0.2) is 54.0 Å². The zero-order valence-corrected chi connectivity index (χ0v) is 12.0. The number of pyridine rings is 1. The fraction of sp³-hybridized carbons (Fsp3) is 0.533. The maximum absolute atomic E-state index is 12.5. The number of hydrogen-bond donors (Lipinski definition) is 1. The first kappa shape index (κ1) is 14.0. The fourth-order valence-electron chi connectivity index (χ4n) is 3.23. The second-order valence-corrected chi connectivity index (χ2v) is 5.46. The van der Waals surface area contributed by atoms with Gasteiger partial charge in [0.1, 0.15) is 0 Å². The molecular formula is C15H19N3O3. The molecule has 3 heterocycles. The molecule has 1 aromatic heterocycles. The normalized spacial score (nSPS) is 27.5. The highest BCUT2D eigenvalue weighted by Gasteiger charge is 2.49. The maximum Gasteiger partial charge on any atom is 0.228 e. The van der Waals surface area contributed by atoms with Gasteiger partial charge in [-0.15, -0.1) is 0 Å². The first-order valence-corrected chi connectivity index (χ1v) is 7.23. The van der Waals surface area contributed by atoms with Gasteiger partial charge in [0.15, 0.2) is 0 Å². The molecule has 0 saturated carbocycles. The van der Waals surface area contributed by atoms with Crippen LogP contribution in [0.15, 0.2) is 24.4 Å². The van der Waals surface area contributed by atoms with E-state index in [1.54, 1.807) is 18.1 Å². The lowest BCUT2D eigenvalue weighted by molar-refractivity contribution is -0.131. The van der Waals surface area contributed by atoms with E-state index in [9.17, 15) is 9.59 Å². The summed E-state index contributed by atoms with van der Waals surface area (Å²) >= 11 is 0. The van der Waals surface area contributed by atoms with Gasteiger partial charge in [-0.25, -0.2) is 0 Å². The van der Waals surface area contributed by atoms with Gasteiger partial charge in [0.2, 0.25) is 11.8 Å². The minimum atomic E-state index is -0.268. The summed E-state index contributed by atoms with van der Waals surface area (Å²) in [6.45, 7) is 1.04. The number of aromatic nitrogens is 1. The van der Waals surface area contributed by atoms with Gasteiger partial charge in [-0.2, -0.15) is 0 Å². The third-order valence-electron chi connectivity index (χ3n) is 4.26. The highest BCUT2D eigenvalue weighted by molar-refractivity contribution is 5.84. The third-order valence-corrected chi connectivity index (χ3v) is 4.26. The molecule has 0 unspecified atom stereocenters. The molecule has 3 atom stereocenters. The Balaban J connectivity index is 1.73. The fourth-order valence-corrected chi connectivity index (χ4v) is 3.23. The largest absolute Gasteiger partial charge is 0.375 e. The molecular weight excluding hydrogens is 270 g/mol. The van der Waals surface area contributed by atoms with Crippen molar-refractivity contribution in [2.75, 3.05) is 20.2 Å². The van der Waals surface area contributed by atoms with Crippen LogP contribution in [0.4, 0.5) is 0 Å². The van der Waals surface area contributed by atoms with Gasteiger partial charge in [-0.1, -0.05) is 6.07 Å². The molecule has 6 nitrogen and oxygen atoms in total. The van der Waals surface area contributed by atoms with E-state index in [0.717, 1.165) is 12.1 Å². The number of amides is 2. The quantitative estimate of drug-likeness (QED) is 0.849.